The molecule has 27 heavy (non-hydrogen) atoms. The van der Waals surface area contributed by atoms with E-state index in [0.29, 0.717) is 18.0 Å². The predicted octanol–water partition coefficient (Wildman–Crippen LogP) is 5.25. The fourth-order valence-corrected chi connectivity index (χ4v) is 4.52. The number of para-hydroxylation sites is 1. The minimum atomic E-state index is -0.0174. The van der Waals surface area contributed by atoms with E-state index < -0.39 is 0 Å². The van der Waals surface area contributed by atoms with Crippen LogP contribution in [0.15, 0.2) is 48.5 Å². The van der Waals surface area contributed by atoms with Crippen molar-refractivity contribution in [3.05, 3.63) is 59.7 Å². The van der Waals surface area contributed by atoms with Crippen LogP contribution in [0.2, 0.25) is 0 Å². The van der Waals surface area contributed by atoms with Gasteiger partial charge in [0.1, 0.15) is 0 Å². The third-order valence-electron chi connectivity index (χ3n) is 4.97. The maximum absolute atomic E-state index is 13.3. The van der Waals surface area contributed by atoms with Crippen molar-refractivity contribution in [1.82, 2.24) is 4.98 Å². The summed E-state index contributed by atoms with van der Waals surface area (Å²) in [5.74, 6) is 0.372. The van der Waals surface area contributed by atoms with Gasteiger partial charge in [0.15, 0.2) is 5.13 Å². The zero-order valence-corrected chi connectivity index (χ0v) is 16.5. The van der Waals surface area contributed by atoms with Crippen molar-refractivity contribution in [3.63, 3.8) is 0 Å². The molecule has 1 fully saturated rings. The fourth-order valence-electron chi connectivity index (χ4n) is 3.52. The van der Waals surface area contributed by atoms with Crippen LogP contribution in [0.5, 0.6) is 0 Å². The lowest BCUT2D eigenvalue weighted by Gasteiger charge is -2.23. The molecule has 4 rings (SSSR count). The normalized spacial score (nSPS) is 16.9. The number of anilines is 1. The van der Waals surface area contributed by atoms with E-state index in [1.165, 1.54) is 5.56 Å². The SMILES string of the molecule is CC(C)c1cccc2sc(N(CC3CCCO3)C(=O)c3ccccc3)nc12. The van der Waals surface area contributed by atoms with Crippen LogP contribution in [0.25, 0.3) is 10.2 Å². The van der Waals surface area contributed by atoms with Gasteiger partial charge in [0, 0.05) is 12.2 Å². The monoisotopic (exact) mass is 380 g/mol. The fraction of sp³-hybridized carbons (Fsp3) is 0.364. The Morgan fingerprint density at radius 1 is 1.22 bits per heavy atom. The molecule has 0 saturated carbocycles. The summed E-state index contributed by atoms with van der Waals surface area (Å²) in [6.07, 6.45) is 2.12. The molecule has 5 heteroatoms. The molecule has 1 aromatic heterocycles. The van der Waals surface area contributed by atoms with Crippen LogP contribution in [0.3, 0.4) is 0 Å². The van der Waals surface area contributed by atoms with E-state index in [0.717, 1.165) is 34.8 Å². The Kier molecular flexibility index (Phi) is 5.23. The van der Waals surface area contributed by atoms with E-state index in [1.807, 2.05) is 30.3 Å². The average molecular weight is 381 g/mol. The molecule has 1 saturated heterocycles. The van der Waals surface area contributed by atoms with Gasteiger partial charge in [0.05, 0.1) is 22.9 Å². The third kappa shape index (κ3) is 3.75. The number of fused-ring (bicyclic) bond motifs is 1. The topological polar surface area (TPSA) is 42.4 Å². The predicted molar refractivity (Wildman–Crippen MR) is 111 cm³/mol. The van der Waals surface area contributed by atoms with E-state index in [-0.39, 0.29) is 12.0 Å². The summed E-state index contributed by atoms with van der Waals surface area (Å²) in [7, 11) is 0. The van der Waals surface area contributed by atoms with Crippen molar-refractivity contribution in [1.29, 1.82) is 0 Å². The van der Waals surface area contributed by atoms with Crippen molar-refractivity contribution in [2.45, 2.75) is 38.7 Å². The third-order valence-corrected chi connectivity index (χ3v) is 6.01. The Hall–Kier alpha value is -2.24. The molecule has 1 amide bonds. The van der Waals surface area contributed by atoms with Gasteiger partial charge in [-0.1, -0.05) is 55.5 Å². The minimum Gasteiger partial charge on any atom is -0.376 e. The number of benzene rings is 2. The summed E-state index contributed by atoms with van der Waals surface area (Å²) >= 11 is 1.58. The first-order valence-corrected chi connectivity index (χ1v) is 10.3. The van der Waals surface area contributed by atoms with Gasteiger partial charge in [-0.05, 0) is 42.5 Å². The van der Waals surface area contributed by atoms with Crippen LogP contribution in [-0.2, 0) is 4.74 Å². The number of carbonyl (C=O) groups is 1. The lowest BCUT2D eigenvalue weighted by Crippen LogP contribution is -2.37. The van der Waals surface area contributed by atoms with Gasteiger partial charge in [0.2, 0.25) is 0 Å². The first-order chi connectivity index (χ1) is 13.1. The van der Waals surface area contributed by atoms with Gasteiger partial charge >= 0.3 is 0 Å². The molecular weight excluding hydrogens is 356 g/mol. The van der Waals surface area contributed by atoms with Crippen molar-refractivity contribution >= 4 is 32.6 Å². The van der Waals surface area contributed by atoms with Crippen LogP contribution in [0, 0.1) is 0 Å². The highest BCUT2D eigenvalue weighted by Gasteiger charge is 2.27. The van der Waals surface area contributed by atoms with Gasteiger partial charge in [-0.2, -0.15) is 0 Å². The molecule has 0 N–H and O–H groups in total. The molecule has 3 aromatic rings. The smallest absolute Gasteiger partial charge is 0.260 e. The van der Waals surface area contributed by atoms with Crippen LogP contribution >= 0.6 is 11.3 Å². The number of nitrogens with zero attached hydrogens (tertiary/aromatic N) is 2. The van der Waals surface area contributed by atoms with Gasteiger partial charge in [-0.15, -0.1) is 0 Å². The highest BCUT2D eigenvalue weighted by atomic mass is 32.1. The van der Waals surface area contributed by atoms with E-state index in [1.54, 1.807) is 16.2 Å². The Bertz CT molecular complexity index is 930. The van der Waals surface area contributed by atoms with Gasteiger partial charge < -0.3 is 4.74 Å². The average Bonchev–Trinajstić information content (AvgIpc) is 3.35. The summed E-state index contributed by atoms with van der Waals surface area (Å²) in [5.41, 5.74) is 2.91. The first-order valence-electron chi connectivity index (χ1n) is 9.51. The molecule has 2 aromatic carbocycles. The Balaban J connectivity index is 1.74. The zero-order chi connectivity index (χ0) is 18.8. The second kappa shape index (κ2) is 7.79. The lowest BCUT2D eigenvalue weighted by molar-refractivity contribution is 0.0917. The maximum atomic E-state index is 13.3. The molecule has 0 bridgehead atoms. The maximum Gasteiger partial charge on any atom is 0.260 e. The molecule has 140 valence electrons. The summed E-state index contributed by atoms with van der Waals surface area (Å²) < 4.78 is 6.93. The van der Waals surface area contributed by atoms with E-state index in [9.17, 15) is 4.79 Å². The Labute approximate surface area is 163 Å². The van der Waals surface area contributed by atoms with Crippen LogP contribution in [0.1, 0.15) is 48.5 Å². The molecule has 4 nitrogen and oxygen atoms in total. The van der Waals surface area contributed by atoms with Gasteiger partial charge in [0.25, 0.3) is 5.91 Å². The number of ether oxygens (including phenoxy) is 1. The van der Waals surface area contributed by atoms with Crippen LogP contribution in [0.4, 0.5) is 5.13 Å². The number of hydrogen-bond acceptors (Lipinski definition) is 4. The standard InChI is InChI=1S/C22H24N2O2S/c1-15(2)18-11-6-12-19-20(18)23-22(27-19)24(14-17-10-7-13-26-17)21(25)16-8-4-3-5-9-16/h3-6,8-9,11-12,15,17H,7,10,13-14H2,1-2H3. The zero-order valence-electron chi connectivity index (χ0n) is 15.7. The molecule has 1 aliphatic heterocycles. The molecule has 0 aliphatic carbocycles. The van der Waals surface area contributed by atoms with Crippen molar-refractivity contribution in [2.75, 3.05) is 18.1 Å². The Morgan fingerprint density at radius 2 is 2.04 bits per heavy atom. The number of amides is 1. The summed E-state index contributed by atoms with van der Waals surface area (Å²) in [4.78, 5) is 20.0. The van der Waals surface area contributed by atoms with Crippen LogP contribution in [-0.4, -0.2) is 30.1 Å². The molecule has 1 unspecified atom stereocenters. The summed E-state index contributed by atoms with van der Waals surface area (Å²) in [6.45, 7) is 5.67. The molecule has 2 heterocycles. The second-order valence-corrected chi connectivity index (χ2v) is 8.27. The number of carbonyl (C=O) groups excluding carboxylic acids is 1. The van der Waals surface area contributed by atoms with E-state index >= 15 is 0 Å². The molecule has 0 spiro atoms. The van der Waals surface area contributed by atoms with E-state index in [2.05, 4.69) is 32.0 Å². The number of thiazole rings is 1. The van der Waals surface area contributed by atoms with Crippen LogP contribution < -0.4 is 4.90 Å². The highest BCUT2D eigenvalue weighted by Crippen LogP contribution is 2.34. The van der Waals surface area contributed by atoms with Crippen molar-refractivity contribution in [2.24, 2.45) is 0 Å². The number of aromatic nitrogens is 1. The van der Waals surface area contributed by atoms with Gasteiger partial charge in [-0.25, -0.2) is 4.98 Å². The Morgan fingerprint density at radius 3 is 2.74 bits per heavy atom. The molecule has 1 aliphatic rings. The molecule has 1 atom stereocenters. The molecular formula is C22H24N2O2S. The minimum absolute atomic E-state index is 0.0174. The molecule has 0 radical (unpaired) electrons. The van der Waals surface area contributed by atoms with Crippen molar-refractivity contribution < 1.29 is 9.53 Å². The number of rotatable bonds is 5. The largest absolute Gasteiger partial charge is 0.376 e. The second-order valence-electron chi connectivity index (χ2n) is 7.26. The summed E-state index contributed by atoms with van der Waals surface area (Å²) in [6, 6.07) is 15.7. The summed E-state index contributed by atoms with van der Waals surface area (Å²) in [5, 5.41) is 0.752. The highest BCUT2D eigenvalue weighted by molar-refractivity contribution is 7.22. The van der Waals surface area contributed by atoms with Crippen molar-refractivity contribution in [3.8, 4) is 0 Å². The quantitative estimate of drug-likeness (QED) is 0.607. The first kappa shape index (κ1) is 18.1. The van der Waals surface area contributed by atoms with E-state index in [4.69, 9.17) is 9.72 Å². The lowest BCUT2D eigenvalue weighted by atomic mass is 10.0. The number of hydrogen-bond donors (Lipinski definition) is 0. The van der Waals surface area contributed by atoms with Gasteiger partial charge in [-0.3, -0.25) is 9.69 Å².